The van der Waals surface area contributed by atoms with Gasteiger partial charge in [0.1, 0.15) is 6.04 Å². The molecule has 9 heteroatoms. The van der Waals surface area contributed by atoms with Crippen molar-refractivity contribution in [2.45, 2.75) is 17.5 Å². The summed E-state index contributed by atoms with van der Waals surface area (Å²) in [6.07, 6.45) is 3.42. The number of benzene rings is 1. The minimum absolute atomic E-state index is 0.180. The standard InChI is InChI=1S/C16H23N5O3S/c1-17-15(13-10-19-21(4)11-13)16(22)18-9-12-5-7-14(8-6-12)25(23,24)20(2)3/h5-8,10-11,15,17H,9H2,1-4H3,(H,18,22). The molecule has 136 valence electrons. The number of aromatic nitrogens is 2. The van der Waals surface area contributed by atoms with Crippen LogP contribution in [0.3, 0.4) is 0 Å². The maximum atomic E-state index is 12.4. The number of carbonyl (C=O) groups is 1. The molecule has 1 amide bonds. The zero-order valence-corrected chi connectivity index (χ0v) is 15.5. The third kappa shape index (κ3) is 4.44. The summed E-state index contributed by atoms with van der Waals surface area (Å²) in [5, 5.41) is 9.87. The van der Waals surface area contributed by atoms with Gasteiger partial charge in [0, 0.05) is 39.4 Å². The summed E-state index contributed by atoms with van der Waals surface area (Å²) < 4.78 is 26.9. The van der Waals surface area contributed by atoms with Crippen molar-refractivity contribution in [2.75, 3.05) is 21.1 Å². The first-order chi connectivity index (χ1) is 11.8. The van der Waals surface area contributed by atoms with Crippen LogP contribution >= 0.6 is 0 Å². The Balaban J connectivity index is 2.02. The van der Waals surface area contributed by atoms with Crippen LogP contribution in [-0.4, -0.2) is 49.6 Å². The second-order valence-electron chi connectivity index (χ2n) is 5.82. The van der Waals surface area contributed by atoms with Crippen molar-refractivity contribution >= 4 is 15.9 Å². The Bertz CT molecular complexity index is 828. The number of hydrogen-bond donors (Lipinski definition) is 2. The number of nitrogens with zero attached hydrogens (tertiary/aromatic N) is 3. The topological polar surface area (TPSA) is 96.3 Å². The Morgan fingerprint density at radius 2 is 1.92 bits per heavy atom. The van der Waals surface area contributed by atoms with Crippen molar-refractivity contribution in [2.24, 2.45) is 7.05 Å². The summed E-state index contributed by atoms with van der Waals surface area (Å²) in [6, 6.07) is 5.95. The lowest BCUT2D eigenvalue weighted by molar-refractivity contribution is -0.123. The van der Waals surface area contributed by atoms with Crippen molar-refractivity contribution in [3.05, 3.63) is 47.8 Å². The van der Waals surface area contributed by atoms with Gasteiger partial charge in [0.2, 0.25) is 15.9 Å². The highest BCUT2D eigenvalue weighted by atomic mass is 32.2. The molecule has 2 N–H and O–H groups in total. The van der Waals surface area contributed by atoms with E-state index in [1.807, 2.05) is 0 Å². The third-order valence-corrected chi connectivity index (χ3v) is 5.61. The Hall–Kier alpha value is -2.23. The van der Waals surface area contributed by atoms with Crippen molar-refractivity contribution in [3.63, 3.8) is 0 Å². The van der Waals surface area contributed by atoms with E-state index in [9.17, 15) is 13.2 Å². The van der Waals surface area contributed by atoms with Crippen LogP contribution in [0.4, 0.5) is 0 Å². The molecule has 1 aromatic carbocycles. The monoisotopic (exact) mass is 365 g/mol. The molecule has 0 aliphatic heterocycles. The highest BCUT2D eigenvalue weighted by Crippen LogP contribution is 2.15. The number of rotatable bonds is 7. The summed E-state index contributed by atoms with van der Waals surface area (Å²) in [5.41, 5.74) is 1.59. The average Bonchev–Trinajstić information content (AvgIpc) is 3.00. The maximum absolute atomic E-state index is 12.4. The van der Waals surface area contributed by atoms with Crippen LogP contribution in [0.5, 0.6) is 0 Å². The summed E-state index contributed by atoms with van der Waals surface area (Å²) in [7, 11) is 3.02. The van der Waals surface area contributed by atoms with E-state index in [0.717, 1.165) is 15.4 Å². The first kappa shape index (κ1) is 19.1. The molecule has 0 aliphatic rings. The molecule has 0 fully saturated rings. The van der Waals surface area contributed by atoms with Gasteiger partial charge in [0.15, 0.2) is 0 Å². The normalized spacial score (nSPS) is 13.0. The van der Waals surface area contributed by atoms with E-state index in [0.29, 0.717) is 6.54 Å². The fourth-order valence-electron chi connectivity index (χ4n) is 2.32. The van der Waals surface area contributed by atoms with Crippen molar-refractivity contribution in [1.29, 1.82) is 0 Å². The lowest BCUT2D eigenvalue weighted by atomic mass is 10.1. The highest BCUT2D eigenvalue weighted by molar-refractivity contribution is 7.89. The number of likely N-dealkylation sites (N-methyl/N-ethyl adjacent to an activating group) is 1. The SMILES string of the molecule is CNC(C(=O)NCc1ccc(S(=O)(=O)N(C)C)cc1)c1cnn(C)c1. The van der Waals surface area contributed by atoms with Gasteiger partial charge in [-0.05, 0) is 24.7 Å². The van der Waals surface area contributed by atoms with Crippen LogP contribution in [0.2, 0.25) is 0 Å². The largest absolute Gasteiger partial charge is 0.350 e. The highest BCUT2D eigenvalue weighted by Gasteiger charge is 2.20. The molecule has 1 aromatic heterocycles. The van der Waals surface area contributed by atoms with Crippen LogP contribution in [0.15, 0.2) is 41.6 Å². The van der Waals surface area contributed by atoms with E-state index < -0.39 is 16.1 Å². The zero-order valence-electron chi connectivity index (χ0n) is 14.7. The van der Waals surface area contributed by atoms with Gasteiger partial charge in [-0.3, -0.25) is 9.48 Å². The van der Waals surface area contributed by atoms with Crippen LogP contribution in [0.25, 0.3) is 0 Å². The molecule has 1 unspecified atom stereocenters. The molecule has 0 spiro atoms. The van der Waals surface area contributed by atoms with Gasteiger partial charge in [0.25, 0.3) is 0 Å². The Morgan fingerprint density at radius 3 is 2.40 bits per heavy atom. The second kappa shape index (κ2) is 7.77. The number of sulfonamides is 1. The first-order valence-electron chi connectivity index (χ1n) is 7.70. The van der Waals surface area contributed by atoms with Crippen LogP contribution in [0, 0.1) is 0 Å². The smallest absolute Gasteiger partial charge is 0.242 e. The predicted molar refractivity (Wildman–Crippen MR) is 94.2 cm³/mol. The molecule has 0 aliphatic carbocycles. The molecule has 8 nitrogen and oxygen atoms in total. The summed E-state index contributed by atoms with van der Waals surface area (Å²) in [5.74, 6) is -0.180. The molecule has 0 saturated heterocycles. The van der Waals surface area contributed by atoms with Gasteiger partial charge in [-0.2, -0.15) is 5.10 Å². The molecule has 0 radical (unpaired) electrons. The summed E-state index contributed by atoms with van der Waals surface area (Å²) >= 11 is 0. The van der Waals surface area contributed by atoms with E-state index in [-0.39, 0.29) is 10.8 Å². The van der Waals surface area contributed by atoms with E-state index in [1.54, 1.807) is 43.3 Å². The molecule has 25 heavy (non-hydrogen) atoms. The number of amides is 1. The van der Waals surface area contributed by atoms with Gasteiger partial charge in [-0.1, -0.05) is 12.1 Å². The number of nitrogens with one attached hydrogen (secondary N) is 2. The summed E-state index contributed by atoms with van der Waals surface area (Å²) in [4.78, 5) is 12.6. The Morgan fingerprint density at radius 1 is 1.28 bits per heavy atom. The Labute approximate surface area is 147 Å². The predicted octanol–water partition coefficient (Wildman–Crippen LogP) is 0.247. The molecule has 0 saturated carbocycles. The number of aryl methyl sites for hydroxylation is 1. The van der Waals surface area contributed by atoms with Gasteiger partial charge in [-0.15, -0.1) is 0 Å². The lowest BCUT2D eigenvalue weighted by Crippen LogP contribution is -2.35. The van der Waals surface area contributed by atoms with Gasteiger partial charge in [-0.25, -0.2) is 12.7 Å². The van der Waals surface area contributed by atoms with Gasteiger partial charge in [0.05, 0.1) is 11.1 Å². The van der Waals surface area contributed by atoms with Gasteiger partial charge >= 0.3 is 0 Å². The molecule has 2 rings (SSSR count). The maximum Gasteiger partial charge on any atom is 0.242 e. The molecule has 1 atom stereocenters. The quantitative estimate of drug-likeness (QED) is 0.733. The first-order valence-corrected chi connectivity index (χ1v) is 9.14. The third-order valence-electron chi connectivity index (χ3n) is 3.78. The molecule has 2 aromatic rings. The molecular weight excluding hydrogens is 342 g/mol. The van der Waals surface area contributed by atoms with Crippen molar-refractivity contribution in [1.82, 2.24) is 24.7 Å². The molecule has 0 bridgehead atoms. The number of carbonyl (C=O) groups excluding carboxylic acids is 1. The second-order valence-corrected chi connectivity index (χ2v) is 7.97. The van der Waals surface area contributed by atoms with E-state index in [2.05, 4.69) is 15.7 Å². The lowest BCUT2D eigenvalue weighted by Gasteiger charge is -2.15. The minimum Gasteiger partial charge on any atom is -0.350 e. The fourth-order valence-corrected chi connectivity index (χ4v) is 3.22. The molecular formula is C16H23N5O3S. The van der Waals surface area contributed by atoms with Crippen molar-refractivity contribution in [3.8, 4) is 0 Å². The van der Waals surface area contributed by atoms with Crippen LogP contribution in [0.1, 0.15) is 17.2 Å². The van der Waals surface area contributed by atoms with Gasteiger partial charge < -0.3 is 10.6 Å². The summed E-state index contributed by atoms with van der Waals surface area (Å²) in [6.45, 7) is 0.305. The zero-order chi connectivity index (χ0) is 18.6. The average molecular weight is 365 g/mol. The molecule has 1 heterocycles. The Kier molecular flexibility index (Phi) is 5.93. The van der Waals surface area contributed by atoms with E-state index in [4.69, 9.17) is 0 Å². The van der Waals surface area contributed by atoms with E-state index >= 15 is 0 Å². The fraction of sp³-hybridized carbons (Fsp3) is 0.375. The minimum atomic E-state index is -3.45. The van der Waals surface area contributed by atoms with Crippen molar-refractivity contribution < 1.29 is 13.2 Å². The number of hydrogen-bond acceptors (Lipinski definition) is 5. The van der Waals surface area contributed by atoms with Crippen LogP contribution < -0.4 is 10.6 Å². The van der Waals surface area contributed by atoms with Crippen LogP contribution in [-0.2, 0) is 28.4 Å². The van der Waals surface area contributed by atoms with E-state index in [1.165, 1.54) is 26.2 Å².